The molecule has 0 saturated carbocycles. The van der Waals surface area contributed by atoms with Crippen molar-refractivity contribution < 1.29 is 4.79 Å². The van der Waals surface area contributed by atoms with Gasteiger partial charge < -0.3 is 4.57 Å². The van der Waals surface area contributed by atoms with Crippen molar-refractivity contribution in [1.29, 1.82) is 0 Å². The van der Waals surface area contributed by atoms with Gasteiger partial charge in [-0.15, -0.1) is 10.2 Å². The number of rotatable bonds is 5. The fourth-order valence-electron chi connectivity index (χ4n) is 2.88. The Hall–Kier alpha value is -3.07. The average molecular weight is 379 g/mol. The molecule has 8 nitrogen and oxygen atoms in total. The smallest absolute Gasteiger partial charge is 0.237 e. The molecule has 0 aliphatic carbocycles. The van der Waals surface area contributed by atoms with Crippen LogP contribution < -0.4 is 5.32 Å². The summed E-state index contributed by atoms with van der Waals surface area (Å²) >= 11 is 1.23. The Balaban J connectivity index is 1.59. The Bertz CT molecular complexity index is 1110. The maximum absolute atomic E-state index is 12.1. The normalized spacial score (nSPS) is 11.4. The third-order valence-electron chi connectivity index (χ3n) is 3.96. The second-order valence-electron chi connectivity index (χ2n) is 6.16. The van der Waals surface area contributed by atoms with Crippen LogP contribution in [0.5, 0.6) is 0 Å². The number of hydrogen-bond donors (Lipinski definition) is 1. The quantitative estimate of drug-likeness (QED) is 0.532. The van der Waals surface area contributed by atoms with E-state index in [2.05, 4.69) is 54.9 Å². The first-order chi connectivity index (χ1) is 13.1. The van der Waals surface area contributed by atoms with E-state index in [1.165, 1.54) is 11.8 Å². The molecule has 0 radical (unpaired) electrons. The molecule has 1 N–H and O–H groups in total. The van der Waals surface area contributed by atoms with Crippen LogP contribution in [0.3, 0.4) is 0 Å². The molecule has 1 aromatic carbocycles. The highest BCUT2D eigenvalue weighted by molar-refractivity contribution is 7.99. The largest absolute Gasteiger partial charge is 0.321 e. The lowest BCUT2D eigenvalue weighted by Crippen LogP contribution is -2.16. The van der Waals surface area contributed by atoms with Crippen LogP contribution in [0.1, 0.15) is 19.9 Å². The van der Waals surface area contributed by atoms with Crippen molar-refractivity contribution in [1.82, 2.24) is 29.7 Å². The Morgan fingerprint density at radius 2 is 1.93 bits per heavy atom. The summed E-state index contributed by atoms with van der Waals surface area (Å²) in [6.07, 6.45) is 3.14. The van der Waals surface area contributed by atoms with Gasteiger partial charge in [0.2, 0.25) is 17.0 Å². The molecule has 0 bridgehead atoms. The van der Waals surface area contributed by atoms with Crippen molar-refractivity contribution in [2.24, 2.45) is 0 Å². The molecule has 4 rings (SSSR count). The highest BCUT2D eigenvalue weighted by Gasteiger charge is 2.17. The van der Waals surface area contributed by atoms with E-state index in [9.17, 15) is 4.79 Å². The summed E-state index contributed by atoms with van der Waals surface area (Å²) in [7, 11) is 0. The summed E-state index contributed by atoms with van der Waals surface area (Å²) in [5.41, 5.74) is 2.62. The monoisotopic (exact) mass is 379 g/mol. The van der Waals surface area contributed by atoms with Gasteiger partial charge in [-0.2, -0.15) is 0 Å². The third kappa shape index (κ3) is 3.45. The van der Waals surface area contributed by atoms with Crippen molar-refractivity contribution >= 4 is 45.7 Å². The van der Waals surface area contributed by atoms with E-state index in [1.54, 1.807) is 18.5 Å². The number of hydrogen-bond acceptors (Lipinski definition) is 7. The Kier molecular flexibility index (Phi) is 4.68. The van der Waals surface area contributed by atoms with Crippen molar-refractivity contribution in [3.05, 3.63) is 42.7 Å². The Morgan fingerprint density at radius 3 is 2.70 bits per heavy atom. The molecule has 27 heavy (non-hydrogen) atoms. The number of para-hydroxylation sites is 1. The van der Waals surface area contributed by atoms with Crippen molar-refractivity contribution in [3.8, 4) is 0 Å². The molecule has 1 amide bonds. The maximum atomic E-state index is 12.1. The van der Waals surface area contributed by atoms with Crippen LogP contribution in [-0.2, 0) is 4.79 Å². The summed E-state index contributed by atoms with van der Waals surface area (Å²) in [4.78, 5) is 24.7. The highest BCUT2D eigenvalue weighted by Crippen LogP contribution is 2.29. The topological polar surface area (TPSA) is 98.5 Å². The molecule has 3 aromatic heterocycles. The number of carbonyl (C=O) groups is 1. The van der Waals surface area contributed by atoms with Crippen LogP contribution in [0.25, 0.3) is 22.1 Å². The Morgan fingerprint density at radius 1 is 1.15 bits per heavy atom. The molecule has 0 atom stereocenters. The molecule has 0 unspecified atom stereocenters. The van der Waals surface area contributed by atoms with Gasteiger partial charge in [0.1, 0.15) is 5.52 Å². The predicted octanol–water partition coefficient (Wildman–Crippen LogP) is 3.08. The molecule has 0 spiro atoms. The van der Waals surface area contributed by atoms with Gasteiger partial charge in [-0.05, 0) is 26.0 Å². The van der Waals surface area contributed by atoms with Crippen LogP contribution in [-0.4, -0.2) is 41.4 Å². The van der Waals surface area contributed by atoms with E-state index in [0.717, 1.165) is 22.1 Å². The molecular weight excluding hydrogens is 362 g/mol. The van der Waals surface area contributed by atoms with E-state index < -0.39 is 0 Å². The van der Waals surface area contributed by atoms with Crippen molar-refractivity contribution in [3.63, 3.8) is 0 Å². The number of nitrogens with zero attached hydrogens (tertiary/aromatic N) is 6. The molecule has 9 heteroatoms. The van der Waals surface area contributed by atoms with Crippen molar-refractivity contribution in [2.75, 3.05) is 11.1 Å². The first kappa shape index (κ1) is 17.3. The SMILES string of the molecule is CC(C)n1c2ccccc2c2nnc(SCC(=O)Nc3ncccn3)nc21. The van der Waals surface area contributed by atoms with E-state index in [4.69, 9.17) is 0 Å². The molecule has 4 aromatic rings. The summed E-state index contributed by atoms with van der Waals surface area (Å²) in [5.74, 6) is 0.199. The second-order valence-corrected chi connectivity index (χ2v) is 7.10. The van der Waals surface area contributed by atoms with Gasteiger partial charge in [0.05, 0.1) is 11.3 Å². The minimum absolute atomic E-state index is 0.146. The van der Waals surface area contributed by atoms with Gasteiger partial charge in [0.15, 0.2) is 5.65 Å². The molecular formula is C18H17N7OS. The number of carbonyl (C=O) groups excluding carboxylic acids is 1. The lowest BCUT2D eigenvalue weighted by atomic mass is 10.2. The summed E-state index contributed by atoms with van der Waals surface area (Å²) in [5, 5.41) is 12.7. The first-order valence-corrected chi connectivity index (χ1v) is 9.45. The van der Waals surface area contributed by atoms with Gasteiger partial charge in [0.25, 0.3) is 0 Å². The summed E-state index contributed by atoms with van der Waals surface area (Å²) in [6, 6.07) is 9.96. The number of fused-ring (bicyclic) bond motifs is 3. The van der Waals surface area contributed by atoms with E-state index in [1.807, 2.05) is 18.2 Å². The minimum Gasteiger partial charge on any atom is -0.321 e. The zero-order valence-corrected chi connectivity index (χ0v) is 15.6. The van der Waals surface area contributed by atoms with Crippen LogP contribution in [0.2, 0.25) is 0 Å². The molecule has 0 aliphatic heterocycles. The Labute approximate surface area is 159 Å². The second kappa shape index (κ2) is 7.28. The van der Waals surface area contributed by atoms with Crippen molar-refractivity contribution in [2.45, 2.75) is 25.0 Å². The lowest BCUT2D eigenvalue weighted by Gasteiger charge is -2.10. The molecule has 0 saturated heterocycles. The standard InChI is InChI=1S/C18H17N7OS/c1-11(2)25-13-7-4-3-6-12(13)15-16(25)22-18(24-23-15)27-10-14(26)21-17-19-8-5-9-20-17/h3-9,11H,10H2,1-2H3,(H,19,20,21,26). The zero-order chi connectivity index (χ0) is 18.8. The van der Waals surface area contributed by atoms with E-state index >= 15 is 0 Å². The lowest BCUT2D eigenvalue weighted by molar-refractivity contribution is -0.113. The van der Waals surface area contributed by atoms with E-state index in [-0.39, 0.29) is 23.7 Å². The summed E-state index contributed by atoms with van der Waals surface area (Å²) in [6.45, 7) is 4.21. The molecule has 3 heterocycles. The number of amides is 1. The van der Waals surface area contributed by atoms with Crippen LogP contribution >= 0.6 is 11.8 Å². The summed E-state index contributed by atoms with van der Waals surface area (Å²) < 4.78 is 2.14. The van der Waals surface area contributed by atoms with Crippen LogP contribution in [0, 0.1) is 0 Å². The van der Waals surface area contributed by atoms with Gasteiger partial charge in [-0.1, -0.05) is 30.0 Å². The number of nitrogens with one attached hydrogen (secondary N) is 1. The van der Waals surface area contributed by atoms with Gasteiger partial charge in [0, 0.05) is 23.8 Å². The number of anilines is 1. The number of thioether (sulfide) groups is 1. The average Bonchev–Trinajstić information content (AvgIpc) is 3.01. The third-order valence-corrected chi connectivity index (χ3v) is 4.80. The zero-order valence-electron chi connectivity index (χ0n) is 14.8. The predicted molar refractivity (Wildman–Crippen MR) is 105 cm³/mol. The number of aromatic nitrogens is 6. The van der Waals surface area contributed by atoms with E-state index in [0.29, 0.717) is 5.16 Å². The van der Waals surface area contributed by atoms with Crippen LogP contribution in [0.15, 0.2) is 47.9 Å². The molecule has 0 aliphatic rings. The fraction of sp³-hybridized carbons (Fsp3) is 0.222. The molecule has 0 fully saturated rings. The highest BCUT2D eigenvalue weighted by atomic mass is 32.2. The van der Waals surface area contributed by atoms with Gasteiger partial charge in [-0.25, -0.2) is 15.0 Å². The van der Waals surface area contributed by atoms with Gasteiger partial charge in [-0.3, -0.25) is 10.1 Å². The minimum atomic E-state index is -0.223. The van der Waals surface area contributed by atoms with Gasteiger partial charge >= 0.3 is 0 Å². The molecule has 136 valence electrons. The van der Waals surface area contributed by atoms with Crippen LogP contribution in [0.4, 0.5) is 5.95 Å². The number of benzene rings is 1. The fourth-order valence-corrected chi connectivity index (χ4v) is 3.46. The maximum Gasteiger partial charge on any atom is 0.237 e. The first-order valence-electron chi connectivity index (χ1n) is 8.46.